The molecule has 0 saturated heterocycles. The monoisotopic (exact) mass is 384 g/mol. The van der Waals surface area contributed by atoms with Crippen molar-refractivity contribution in [2.75, 3.05) is 18.7 Å². The van der Waals surface area contributed by atoms with E-state index >= 15 is 0 Å². The average Bonchev–Trinajstić information content (AvgIpc) is 2.99. The van der Waals surface area contributed by atoms with Crippen LogP contribution in [0.3, 0.4) is 0 Å². The first-order valence-electron chi connectivity index (χ1n) is 8.26. The van der Waals surface area contributed by atoms with Gasteiger partial charge in [-0.2, -0.15) is 0 Å². The van der Waals surface area contributed by atoms with Gasteiger partial charge >= 0.3 is 5.97 Å². The number of ether oxygens (including phenoxy) is 1. The zero-order valence-electron chi connectivity index (χ0n) is 15.5. The number of hydrogen-bond acceptors (Lipinski definition) is 6. The highest BCUT2D eigenvalue weighted by molar-refractivity contribution is 7.90. The molecule has 0 radical (unpaired) electrons. The highest BCUT2D eigenvalue weighted by Crippen LogP contribution is 2.31. The number of esters is 1. The van der Waals surface area contributed by atoms with Gasteiger partial charge in [-0.1, -0.05) is 5.16 Å². The molecule has 140 valence electrons. The molecule has 1 heterocycles. The lowest BCUT2D eigenvalue weighted by atomic mass is 10.0. The van der Waals surface area contributed by atoms with Crippen LogP contribution in [-0.4, -0.2) is 29.0 Å². The SMILES string of the molecule is COC(=O)c1cc(Nc2ccc([S+](C)[O-])cc2)cc(-c2c(C)noc2C)c1. The van der Waals surface area contributed by atoms with Crippen molar-refractivity contribution in [1.82, 2.24) is 5.16 Å². The molecule has 3 aromatic rings. The summed E-state index contributed by atoms with van der Waals surface area (Å²) in [6.45, 7) is 3.68. The van der Waals surface area contributed by atoms with Crippen molar-refractivity contribution < 1.29 is 18.6 Å². The smallest absolute Gasteiger partial charge is 0.337 e. The lowest BCUT2D eigenvalue weighted by molar-refractivity contribution is 0.0601. The number of carbonyl (C=O) groups excluding carboxylic acids is 1. The van der Waals surface area contributed by atoms with Gasteiger partial charge in [-0.3, -0.25) is 0 Å². The fourth-order valence-corrected chi connectivity index (χ4v) is 3.39. The maximum Gasteiger partial charge on any atom is 0.337 e. The van der Waals surface area contributed by atoms with E-state index in [4.69, 9.17) is 9.26 Å². The number of benzene rings is 2. The molecule has 6 nitrogen and oxygen atoms in total. The highest BCUT2D eigenvalue weighted by Gasteiger charge is 2.16. The minimum atomic E-state index is -1.03. The minimum Gasteiger partial charge on any atom is -0.612 e. The fraction of sp³-hybridized carbons (Fsp3) is 0.200. The minimum absolute atomic E-state index is 0.420. The van der Waals surface area contributed by atoms with E-state index in [0.29, 0.717) is 11.3 Å². The molecule has 1 N–H and O–H groups in total. The van der Waals surface area contributed by atoms with Crippen LogP contribution in [0.15, 0.2) is 51.9 Å². The second kappa shape index (κ2) is 7.85. The van der Waals surface area contributed by atoms with Gasteiger partial charge in [0.05, 0.1) is 18.4 Å². The van der Waals surface area contributed by atoms with Gasteiger partial charge < -0.3 is 19.1 Å². The molecule has 1 unspecified atom stereocenters. The van der Waals surface area contributed by atoms with Crippen LogP contribution in [0.1, 0.15) is 21.8 Å². The van der Waals surface area contributed by atoms with Gasteiger partial charge in [0.25, 0.3) is 0 Å². The summed E-state index contributed by atoms with van der Waals surface area (Å²) in [5.74, 6) is 0.249. The highest BCUT2D eigenvalue weighted by atomic mass is 32.2. The molecule has 3 rings (SSSR count). The van der Waals surface area contributed by atoms with E-state index in [1.165, 1.54) is 7.11 Å². The number of anilines is 2. The maximum absolute atomic E-state index is 12.1. The van der Waals surface area contributed by atoms with Crippen LogP contribution in [0.4, 0.5) is 11.4 Å². The van der Waals surface area contributed by atoms with Crippen LogP contribution in [0.25, 0.3) is 11.1 Å². The Morgan fingerprint density at radius 1 is 1.15 bits per heavy atom. The molecule has 0 aliphatic carbocycles. The van der Waals surface area contributed by atoms with Gasteiger partial charge in [-0.05, 0) is 73.1 Å². The summed E-state index contributed by atoms with van der Waals surface area (Å²) in [5, 5.41) is 7.26. The Bertz CT molecular complexity index is 945. The molecule has 0 saturated carbocycles. The second-order valence-corrected chi connectivity index (χ2v) is 7.47. The van der Waals surface area contributed by atoms with E-state index < -0.39 is 17.1 Å². The van der Waals surface area contributed by atoms with E-state index in [9.17, 15) is 9.35 Å². The molecule has 1 atom stereocenters. The Morgan fingerprint density at radius 2 is 1.85 bits per heavy atom. The molecule has 0 aliphatic heterocycles. The van der Waals surface area contributed by atoms with Gasteiger partial charge in [-0.25, -0.2) is 4.79 Å². The van der Waals surface area contributed by atoms with Crippen molar-refractivity contribution in [2.24, 2.45) is 0 Å². The molecule has 0 amide bonds. The molecular formula is C20H20N2O4S. The van der Waals surface area contributed by atoms with E-state index in [1.54, 1.807) is 30.5 Å². The summed E-state index contributed by atoms with van der Waals surface area (Å²) in [6.07, 6.45) is 1.64. The van der Waals surface area contributed by atoms with Gasteiger partial charge in [0, 0.05) is 16.9 Å². The van der Waals surface area contributed by atoms with Gasteiger partial charge in [0.1, 0.15) is 12.0 Å². The summed E-state index contributed by atoms with van der Waals surface area (Å²) in [7, 11) is 1.35. The summed E-state index contributed by atoms with van der Waals surface area (Å²) >= 11 is -1.03. The lowest BCUT2D eigenvalue weighted by Gasteiger charge is -2.12. The summed E-state index contributed by atoms with van der Waals surface area (Å²) in [5.41, 5.74) is 4.36. The molecule has 0 fully saturated rings. The van der Waals surface area contributed by atoms with E-state index in [0.717, 1.165) is 33.1 Å². The van der Waals surface area contributed by atoms with Gasteiger partial charge in [-0.15, -0.1) is 0 Å². The Balaban J connectivity index is 2.01. The summed E-state index contributed by atoms with van der Waals surface area (Å²) in [6, 6.07) is 12.7. The number of hydrogen-bond donors (Lipinski definition) is 1. The number of nitrogens with zero attached hydrogens (tertiary/aromatic N) is 1. The standard InChI is InChI=1S/C20H20N2O4S/c1-12-19(13(2)26-22-12)14-9-15(20(23)25-3)11-17(10-14)21-16-5-7-18(8-6-16)27(4)24/h5-11,21H,1-4H3. The van der Waals surface area contributed by atoms with Crippen molar-refractivity contribution >= 4 is 28.5 Å². The van der Waals surface area contributed by atoms with Gasteiger partial charge in [0.15, 0.2) is 4.90 Å². The largest absolute Gasteiger partial charge is 0.612 e. The first-order chi connectivity index (χ1) is 12.9. The van der Waals surface area contributed by atoms with Crippen molar-refractivity contribution in [3.8, 4) is 11.1 Å². The van der Waals surface area contributed by atoms with Gasteiger partial charge in [0.2, 0.25) is 0 Å². The van der Waals surface area contributed by atoms with Crippen molar-refractivity contribution in [3.63, 3.8) is 0 Å². The first kappa shape index (κ1) is 19.0. The Morgan fingerprint density at radius 3 is 2.41 bits per heavy atom. The van der Waals surface area contributed by atoms with Crippen molar-refractivity contribution in [3.05, 3.63) is 59.5 Å². The Kier molecular flexibility index (Phi) is 5.53. The predicted molar refractivity (Wildman–Crippen MR) is 105 cm³/mol. The molecule has 1 aromatic heterocycles. The third-order valence-electron chi connectivity index (χ3n) is 4.15. The number of carbonyl (C=O) groups is 1. The van der Waals surface area contributed by atoms with E-state index in [2.05, 4.69) is 10.5 Å². The average molecular weight is 384 g/mol. The second-order valence-electron chi connectivity index (χ2n) is 6.09. The number of methoxy groups -OCH3 is 1. The van der Waals surface area contributed by atoms with Crippen LogP contribution in [0.2, 0.25) is 0 Å². The van der Waals surface area contributed by atoms with Crippen LogP contribution in [0, 0.1) is 13.8 Å². The molecule has 0 aliphatic rings. The maximum atomic E-state index is 12.1. The fourth-order valence-electron chi connectivity index (χ4n) is 2.87. The Hall–Kier alpha value is -2.77. The number of aryl methyl sites for hydroxylation is 2. The lowest BCUT2D eigenvalue weighted by Crippen LogP contribution is -2.03. The van der Waals surface area contributed by atoms with Crippen LogP contribution in [-0.2, 0) is 15.9 Å². The Labute approximate surface area is 160 Å². The van der Waals surface area contributed by atoms with E-state index in [1.807, 2.05) is 32.0 Å². The summed E-state index contributed by atoms with van der Waals surface area (Å²) in [4.78, 5) is 12.9. The molecule has 0 bridgehead atoms. The zero-order valence-corrected chi connectivity index (χ0v) is 16.3. The van der Waals surface area contributed by atoms with Crippen molar-refractivity contribution in [1.29, 1.82) is 0 Å². The normalized spacial score (nSPS) is 11.9. The van der Waals surface area contributed by atoms with Crippen LogP contribution in [0.5, 0.6) is 0 Å². The first-order valence-corrected chi connectivity index (χ1v) is 9.82. The third-order valence-corrected chi connectivity index (χ3v) is 5.09. The molecule has 2 aromatic carbocycles. The number of aromatic nitrogens is 1. The van der Waals surface area contributed by atoms with E-state index in [-0.39, 0.29) is 0 Å². The quantitative estimate of drug-likeness (QED) is 0.523. The summed E-state index contributed by atoms with van der Waals surface area (Å²) < 4.78 is 21.7. The number of nitrogens with one attached hydrogen (secondary N) is 1. The topological polar surface area (TPSA) is 87.4 Å². The van der Waals surface area contributed by atoms with Crippen molar-refractivity contribution in [2.45, 2.75) is 18.7 Å². The van der Waals surface area contributed by atoms with Crippen LogP contribution < -0.4 is 5.32 Å². The predicted octanol–water partition coefficient (Wildman–Crippen LogP) is 4.23. The molecule has 27 heavy (non-hydrogen) atoms. The number of rotatable bonds is 5. The van der Waals surface area contributed by atoms with Crippen LogP contribution >= 0.6 is 0 Å². The zero-order chi connectivity index (χ0) is 19.6. The molecule has 0 spiro atoms. The molecule has 7 heteroatoms. The third kappa shape index (κ3) is 4.15. The molecular weight excluding hydrogens is 364 g/mol.